The summed E-state index contributed by atoms with van der Waals surface area (Å²) in [5.41, 5.74) is 2.60. The molecule has 0 spiro atoms. The molecule has 0 aromatic carbocycles. The Morgan fingerprint density at radius 3 is 0.800 bits per heavy atom. The van der Waals surface area contributed by atoms with Gasteiger partial charge in [0.2, 0.25) is 0 Å². The molecule has 0 bridgehead atoms. The van der Waals surface area contributed by atoms with Crippen LogP contribution in [0.3, 0.4) is 0 Å². The number of aromatic nitrogens is 2. The van der Waals surface area contributed by atoms with Crippen LogP contribution in [0.5, 0.6) is 0 Å². The van der Waals surface area contributed by atoms with Crippen LogP contribution in [-0.4, -0.2) is 9.97 Å². The maximum absolute atomic E-state index is 4.98. The van der Waals surface area contributed by atoms with Crippen LogP contribution in [-0.2, 0) is 19.3 Å². The van der Waals surface area contributed by atoms with Gasteiger partial charge in [-0.2, -0.15) is 0 Å². The van der Waals surface area contributed by atoms with E-state index in [0.717, 1.165) is 37.9 Å². The van der Waals surface area contributed by atoms with E-state index in [0.29, 0.717) is 0 Å². The maximum Gasteiger partial charge on any atom is 0.128 e. The maximum atomic E-state index is 4.98. The van der Waals surface area contributed by atoms with Gasteiger partial charge in [0, 0.05) is 17.8 Å². The van der Waals surface area contributed by atoms with Gasteiger partial charge >= 0.3 is 0 Å². The lowest BCUT2D eigenvalue weighted by molar-refractivity contribution is 0.524. The van der Waals surface area contributed by atoms with Crippen molar-refractivity contribution in [3.63, 3.8) is 0 Å². The van der Waals surface area contributed by atoms with Gasteiger partial charge < -0.3 is 0 Å². The number of hydrogen-bond acceptors (Lipinski definition) is 2. The fraction of sp³-hybridized carbons (Fsp3) is 0.896. The molecule has 1 aromatic rings. The predicted molar refractivity (Wildman–Crippen MR) is 225 cm³/mol. The zero-order valence-electron chi connectivity index (χ0n) is 34.7. The second-order valence-corrected chi connectivity index (χ2v) is 16.2. The molecular weight excluding hydrogens is 605 g/mol. The molecular formula is C48H91N2. The Balaban J connectivity index is 2.02. The van der Waals surface area contributed by atoms with Crippen molar-refractivity contribution in [3.8, 4) is 0 Å². The minimum absolute atomic E-state index is 0.974. The van der Waals surface area contributed by atoms with Gasteiger partial charge in [-0.15, -0.1) is 0 Å². The van der Waals surface area contributed by atoms with E-state index in [1.54, 1.807) is 0 Å². The van der Waals surface area contributed by atoms with E-state index in [1.165, 1.54) is 243 Å². The van der Waals surface area contributed by atoms with E-state index in [2.05, 4.69) is 26.8 Å². The Kier molecular flexibility index (Phi) is 37.0. The number of aryl methyl sites for hydroxylation is 3. The fourth-order valence-electron chi connectivity index (χ4n) is 7.68. The van der Waals surface area contributed by atoms with E-state index in [9.17, 15) is 0 Å². The van der Waals surface area contributed by atoms with Crippen molar-refractivity contribution in [2.75, 3.05) is 0 Å². The molecule has 2 heteroatoms. The molecule has 0 unspecified atom stereocenters. The van der Waals surface area contributed by atoms with Gasteiger partial charge in [-0.1, -0.05) is 245 Å². The highest BCUT2D eigenvalue weighted by Gasteiger charge is 2.06. The van der Waals surface area contributed by atoms with Crippen molar-refractivity contribution in [2.45, 2.75) is 277 Å². The summed E-state index contributed by atoms with van der Waals surface area (Å²) in [5.74, 6) is 1.07. The molecule has 0 saturated carbocycles. The summed E-state index contributed by atoms with van der Waals surface area (Å²) in [6.07, 6.45) is 56.9. The van der Waals surface area contributed by atoms with Crippen molar-refractivity contribution in [3.05, 3.63) is 30.2 Å². The van der Waals surface area contributed by atoms with E-state index < -0.39 is 0 Å². The number of unbranched alkanes of at least 4 members (excludes halogenated alkanes) is 35. The second-order valence-electron chi connectivity index (χ2n) is 16.2. The van der Waals surface area contributed by atoms with Crippen LogP contribution in [0.2, 0.25) is 0 Å². The molecule has 0 amide bonds. The third-order valence-corrected chi connectivity index (χ3v) is 11.1. The molecule has 1 heterocycles. The quantitative estimate of drug-likeness (QED) is 0.0637. The van der Waals surface area contributed by atoms with Crippen LogP contribution in [0.25, 0.3) is 0 Å². The third-order valence-electron chi connectivity index (χ3n) is 11.1. The number of rotatable bonds is 41. The molecule has 293 valence electrons. The lowest BCUT2D eigenvalue weighted by atomic mass is 10.0. The molecule has 0 saturated heterocycles. The van der Waals surface area contributed by atoms with Gasteiger partial charge in [0.1, 0.15) is 5.82 Å². The SMILES string of the molecule is [CH2]CCCc1nc(CCCCCCCCCCCCCCCCCCCC)cc(CCCCCCCCCCCCCCCCCCCC)n1. The normalized spacial score (nSPS) is 11.6. The van der Waals surface area contributed by atoms with Gasteiger partial charge in [-0.3, -0.25) is 0 Å². The largest absolute Gasteiger partial charge is 0.238 e. The molecule has 2 nitrogen and oxygen atoms in total. The average Bonchev–Trinajstić information content (AvgIpc) is 3.13. The zero-order chi connectivity index (χ0) is 35.8. The average molecular weight is 696 g/mol. The Hall–Kier alpha value is -0.920. The summed E-state index contributed by atoms with van der Waals surface area (Å²) in [5, 5.41) is 0. The Morgan fingerprint density at radius 2 is 0.560 bits per heavy atom. The van der Waals surface area contributed by atoms with Gasteiger partial charge in [0.05, 0.1) is 0 Å². The summed E-state index contributed by atoms with van der Waals surface area (Å²) in [4.78, 5) is 9.95. The lowest BCUT2D eigenvalue weighted by Gasteiger charge is -2.09. The van der Waals surface area contributed by atoms with Crippen LogP contribution < -0.4 is 0 Å². The third kappa shape index (κ3) is 33.0. The fourth-order valence-corrected chi connectivity index (χ4v) is 7.68. The summed E-state index contributed by atoms with van der Waals surface area (Å²) < 4.78 is 0. The van der Waals surface area contributed by atoms with Crippen molar-refractivity contribution in [1.29, 1.82) is 0 Å². The van der Waals surface area contributed by atoms with Crippen molar-refractivity contribution >= 4 is 0 Å². The molecule has 0 aliphatic rings. The highest BCUT2D eigenvalue weighted by Crippen LogP contribution is 2.18. The first kappa shape index (κ1) is 47.1. The lowest BCUT2D eigenvalue weighted by Crippen LogP contribution is -2.04. The molecule has 1 rings (SSSR count). The minimum Gasteiger partial charge on any atom is -0.238 e. The van der Waals surface area contributed by atoms with Crippen LogP contribution >= 0.6 is 0 Å². The first-order chi connectivity index (χ1) is 24.8. The number of nitrogens with zero attached hydrogens (tertiary/aromatic N) is 2. The number of hydrogen-bond donors (Lipinski definition) is 0. The second kappa shape index (κ2) is 39.3. The highest BCUT2D eigenvalue weighted by atomic mass is 14.9. The van der Waals surface area contributed by atoms with Crippen LogP contribution in [0.1, 0.15) is 275 Å². The first-order valence-corrected chi connectivity index (χ1v) is 23.4. The monoisotopic (exact) mass is 696 g/mol. The van der Waals surface area contributed by atoms with E-state index in [4.69, 9.17) is 9.97 Å². The van der Waals surface area contributed by atoms with Gasteiger partial charge in [-0.25, -0.2) is 9.97 Å². The molecule has 0 aliphatic carbocycles. The van der Waals surface area contributed by atoms with Crippen LogP contribution in [0.15, 0.2) is 6.07 Å². The molecule has 0 fully saturated rings. The predicted octanol–water partition coefficient (Wildman–Crippen LogP) is 16.8. The summed E-state index contributed by atoms with van der Waals surface area (Å²) >= 11 is 0. The minimum atomic E-state index is 0.974. The molecule has 50 heavy (non-hydrogen) atoms. The van der Waals surface area contributed by atoms with E-state index in [1.807, 2.05) is 0 Å². The zero-order valence-corrected chi connectivity index (χ0v) is 34.7. The topological polar surface area (TPSA) is 25.8 Å². The van der Waals surface area contributed by atoms with Crippen molar-refractivity contribution in [2.24, 2.45) is 0 Å². The van der Waals surface area contributed by atoms with Gasteiger partial charge in [0.25, 0.3) is 0 Å². The van der Waals surface area contributed by atoms with E-state index in [-0.39, 0.29) is 0 Å². The molecule has 1 radical (unpaired) electrons. The van der Waals surface area contributed by atoms with Crippen molar-refractivity contribution in [1.82, 2.24) is 9.97 Å². The van der Waals surface area contributed by atoms with E-state index >= 15 is 0 Å². The highest BCUT2D eigenvalue weighted by molar-refractivity contribution is 5.12. The summed E-state index contributed by atoms with van der Waals surface area (Å²) in [6, 6.07) is 2.34. The molecule has 1 aromatic heterocycles. The van der Waals surface area contributed by atoms with Crippen LogP contribution in [0.4, 0.5) is 0 Å². The molecule has 0 N–H and O–H groups in total. The summed E-state index contributed by atoms with van der Waals surface area (Å²) in [6.45, 7) is 8.66. The molecule has 0 atom stereocenters. The van der Waals surface area contributed by atoms with Crippen LogP contribution in [0, 0.1) is 6.92 Å². The first-order valence-electron chi connectivity index (χ1n) is 23.4. The standard InChI is InChI=1S/C48H91N2/c1-4-7-10-12-14-16-18-20-22-24-26-28-30-32-34-36-38-40-42-46-45-47(50-48(49-46)44-9-6-3)43-41-39-37-35-33-31-29-27-25-23-21-19-17-15-13-11-8-5-2/h45H,3-44H2,1-2H3. The van der Waals surface area contributed by atoms with Gasteiger partial charge in [-0.05, 0) is 38.2 Å². The Bertz CT molecular complexity index is 730. The summed E-state index contributed by atoms with van der Waals surface area (Å²) in [7, 11) is 0. The van der Waals surface area contributed by atoms with Gasteiger partial charge in [0.15, 0.2) is 0 Å². The Labute approximate surface area is 316 Å². The Morgan fingerprint density at radius 1 is 0.320 bits per heavy atom. The smallest absolute Gasteiger partial charge is 0.128 e. The molecule has 0 aliphatic heterocycles. The van der Waals surface area contributed by atoms with Crippen molar-refractivity contribution < 1.29 is 0 Å².